The van der Waals surface area contributed by atoms with Gasteiger partial charge in [-0.3, -0.25) is 9.71 Å². The van der Waals surface area contributed by atoms with E-state index in [-0.39, 0.29) is 4.90 Å². The van der Waals surface area contributed by atoms with Gasteiger partial charge in [0.1, 0.15) is 5.75 Å². The number of nitrogens with one attached hydrogen (secondary N) is 1. The normalized spacial score (nSPS) is 11.3. The third-order valence-electron chi connectivity index (χ3n) is 3.21. The summed E-state index contributed by atoms with van der Waals surface area (Å²) in [5, 5.41) is 0. The average Bonchev–Trinajstić information content (AvgIpc) is 2.42. The predicted octanol–water partition coefficient (Wildman–Crippen LogP) is 3.21. The highest BCUT2D eigenvalue weighted by Gasteiger charge is 2.19. The van der Waals surface area contributed by atoms with Crippen molar-refractivity contribution in [2.45, 2.75) is 32.6 Å². The molecule has 0 saturated carbocycles. The molecule has 2 aromatic rings. The van der Waals surface area contributed by atoms with Crippen LogP contribution in [0.1, 0.15) is 23.7 Å². The molecule has 0 unspecified atom stereocenters. The Kier molecular flexibility index (Phi) is 4.71. The Bertz CT molecular complexity index is 786. The zero-order chi connectivity index (χ0) is 16.3. The summed E-state index contributed by atoms with van der Waals surface area (Å²) in [5.41, 5.74) is 2.68. The first kappa shape index (κ1) is 16.3. The first-order chi connectivity index (χ1) is 10.3. The van der Waals surface area contributed by atoms with Crippen molar-refractivity contribution in [1.82, 2.24) is 4.98 Å². The average molecular weight is 320 g/mol. The number of aromatic nitrogens is 1. The molecule has 2 rings (SSSR count). The van der Waals surface area contributed by atoms with E-state index in [1.807, 2.05) is 20.8 Å². The maximum atomic E-state index is 12.6. The molecule has 0 saturated heterocycles. The van der Waals surface area contributed by atoms with Crippen molar-refractivity contribution in [2.24, 2.45) is 0 Å². The number of rotatable bonds is 5. The first-order valence-electron chi connectivity index (χ1n) is 7.03. The van der Waals surface area contributed by atoms with Crippen molar-refractivity contribution in [3.05, 3.63) is 47.3 Å². The Morgan fingerprint density at radius 3 is 2.50 bits per heavy atom. The maximum absolute atomic E-state index is 12.6. The molecule has 1 aromatic carbocycles. The fourth-order valence-corrected chi connectivity index (χ4v) is 3.54. The number of hydrogen-bond acceptors (Lipinski definition) is 4. The SMILES string of the molecule is CCOc1cc(C)c(S(=O)(=O)Nc2ccnc(C)c2)cc1C. The number of benzene rings is 1. The van der Waals surface area contributed by atoms with Gasteiger partial charge in [0.15, 0.2) is 0 Å². The van der Waals surface area contributed by atoms with Gasteiger partial charge >= 0.3 is 0 Å². The van der Waals surface area contributed by atoms with Crippen LogP contribution in [0, 0.1) is 20.8 Å². The number of nitrogens with zero attached hydrogens (tertiary/aromatic N) is 1. The number of pyridine rings is 1. The Labute approximate surface area is 131 Å². The Hall–Kier alpha value is -2.08. The highest BCUT2D eigenvalue weighted by molar-refractivity contribution is 7.92. The van der Waals surface area contributed by atoms with E-state index < -0.39 is 10.0 Å². The quantitative estimate of drug-likeness (QED) is 0.918. The number of aryl methyl sites for hydroxylation is 3. The third kappa shape index (κ3) is 3.57. The van der Waals surface area contributed by atoms with Crippen LogP contribution in [0.2, 0.25) is 0 Å². The zero-order valence-corrected chi connectivity index (χ0v) is 14.0. The van der Waals surface area contributed by atoms with E-state index in [1.165, 1.54) is 0 Å². The second-order valence-corrected chi connectivity index (χ2v) is 6.76. The summed E-state index contributed by atoms with van der Waals surface area (Å²) in [6.45, 7) is 7.84. The number of sulfonamides is 1. The zero-order valence-electron chi connectivity index (χ0n) is 13.2. The molecule has 0 bridgehead atoms. The predicted molar refractivity (Wildman–Crippen MR) is 86.9 cm³/mol. The summed E-state index contributed by atoms with van der Waals surface area (Å²) >= 11 is 0. The Morgan fingerprint density at radius 2 is 1.86 bits per heavy atom. The molecule has 5 nitrogen and oxygen atoms in total. The van der Waals surface area contributed by atoms with E-state index in [0.29, 0.717) is 23.6 Å². The van der Waals surface area contributed by atoms with Crippen LogP contribution < -0.4 is 9.46 Å². The van der Waals surface area contributed by atoms with Gasteiger partial charge in [-0.25, -0.2) is 8.42 Å². The molecule has 1 heterocycles. The molecule has 1 N–H and O–H groups in total. The minimum Gasteiger partial charge on any atom is -0.494 e. The smallest absolute Gasteiger partial charge is 0.262 e. The molecule has 1 aromatic heterocycles. The van der Waals surface area contributed by atoms with Crippen LogP contribution >= 0.6 is 0 Å². The Morgan fingerprint density at radius 1 is 1.14 bits per heavy atom. The van der Waals surface area contributed by atoms with Crippen molar-refractivity contribution >= 4 is 15.7 Å². The lowest BCUT2D eigenvalue weighted by Crippen LogP contribution is -2.15. The van der Waals surface area contributed by atoms with Crippen molar-refractivity contribution in [1.29, 1.82) is 0 Å². The monoisotopic (exact) mass is 320 g/mol. The lowest BCUT2D eigenvalue weighted by Gasteiger charge is -2.14. The van der Waals surface area contributed by atoms with Gasteiger partial charge in [-0.2, -0.15) is 0 Å². The minimum atomic E-state index is -3.65. The summed E-state index contributed by atoms with van der Waals surface area (Å²) in [4.78, 5) is 4.31. The molecule has 0 spiro atoms. The standard InChI is InChI=1S/C16H20N2O3S/c1-5-21-15-8-12(3)16(9-11(15)2)22(19,20)18-14-6-7-17-13(4)10-14/h6-10H,5H2,1-4H3,(H,17,18). The van der Waals surface area contributed by atoms with E-state index in [2.05, 4.69) is 9.71 Å². The van der Waals surface area contributed by atoms with Gasteiger partial charge in [0.2, 0.25) is 0 Å². The highest BCUT2D eigenvalue weighted by atomic mass is 32.2. The van der Waals surface area contributed by atoms with Crippen molar-refractivity contribution in [2.75, 3.05) is 11.3 Å². The van der Waals surface area contributed by atoms with Gasteiger partial charge in [0.25, 0.3) is 10.0 Å². The maximum Gasteiger partial charge on any atom is 0.262 e. The van der Waals surface area contributed by atoms with Crippen LogP contribution in [0.15, 0.2) is 35.4 Å². The molecular formula is C16H20N2O3S. The van der Waals surface area contributed by atoms with Crippen LogP contribution in [-0.2, 0) is 10.0 Å². The van der Waals surface area contributed by atoms with Crippen molar-refractivity contribution in [3.8, 4) is 5.75 Å². The second-order valence-electron chi connectivity index (χ2n) is 5.11. The molecule has 22 heavy (non-hydrogen) atoms. The minimum absolute atomic E-state index is 0.253. The van der Waals surface area contributed by atoms with Crippen LogP contribution in [0.4, 0.5) is 5.69 Å². The van der Waals surface area contributed by atoms with E-state index in [0.717, 1.165) is 11.3 Å². The fraction of sp³-hybridized carbons (Fsp3) is 0.312. The molecule has 118 valence electrons. The highest BCUT2D eigenvalue weighted by Crippen LogP contribution is 2.27. The van der Waals surface area contributed by atoms with Crippen molar-refractivity contribution in [3.63, 3.8) is 0 Å². The van der Waals surface area contributed by atoms with E-state index in [4.69, 9.17) is 4.74 Å². The molecule has 0 atom stereocenters. The van der Waals surface area contributed by atoms with E-state index in [1.54, 1.807) is 37.4 Å². The van der Waals surface area contributed by atoms with Crippen LogP contribution in [0.5, 0.6) is 5.75 Å². The molecule has 0 aliphatic heterocycles. The molecular weight excluding hydrogens is 300 g/mol. The summed E-state index contributed by atoms with van der Waals surface area (Å²) in [6, 6.07) is 6.71. The van der Waals surface area contributed by atoms with Gasteiger partial charge in [-0.05, 0) is 63.1 Å². The molecule has 6 heteroatoms. The van der Waals surface area contributed by atoms with Crippen LogP contribution in [0.3, 0.4) is 0 Å². The number of ether oxygens (including phenoxy) is 1. The number of hydrogen-bond donors (Lipinski definition) is 1. The third-order valence-corrected chi connectivity index (χ3v) is 4.73. The Balaban J connectivity index is 2.39. The molecule has 0 amide bonds. The van der Waals surface area contributed by atoms with E-state index >= 15 is 0 Å². The van der Waals surface area contributed by atoms with Gasteiger partial charge < -0.3 is 4.74 Å². The molecule has 0 aliphatic carbocycles. The lowest BCUT2D eigenvalue weighted by molar-refractivity contribution is 0.337. The number of anilines is 1. The summed E-state index contributed by atoms with van der Waals surface area (Å²) in [6.07, 6.45) is 1.57. The topological polar surface area (TPSA) is 68.3 Å². The van der Waals surface area contributed by atoms with Gasteiger partial charge in [-0.1, -0.05) is 0 Å². The largest absolute Gasteiger partial charge is 0.494 e. The van der Waals surface area contributed by atoms with Crippen molar-refractivity contribution < 1.29 is 13.2 Å². The van der Waals surface area contributed by atoms with Crippen LogP contribution in [-0.4, -0.2) is 20.0 Å². The lowest BCUT2D eigenvalue weighted by atomic mass is 10.1. The second kappa shape index (κ2) is 6.36. The van der Waals surface area contributed by atoms with E-state index in [9.17, 15) is 8.42 Å². The van der Waals surface area contributed by atoms with Gasteiger partial charge in [0, 0.05) is 11.9 Å². The molecule has 0 radical (unpaired) electrons. The molecule has 0 fully saturated rings. The fourth-order valence-electron chi connectivity index (χ4n) is 2.18. The van der Waals surface area contributed by atoms with Gasteiger partial charge in [-0.15, -0.1) is 0 Å². The van der Waals surface area contributed by atoms with Crippen LogP contribution in [0.25, 0.3) is 0 Å². The van der Waals surface area contributed by atoms with Gasteiger partial charge in [0.05, 0.1) is 17.2 Å². The summed E-state index contributed by atoms with van der Waals surface area (Å²) in [5.74, 6) is 0.707. The molecule has 0 aliphatic rings. The summed E-state index contributed by atoms with van der Waals surface area (Å²) < 4.78 is 33.2. The first-order valence-corrected chi connectivity index (χ1v) is 8.51. The summed E-state index contributed by atoms with van der Waals surface area (Å²) in [7, 11) is -3.65.